The SMILES string of the molecule is NCCc1c(N)nc(N)nc1Cc1cccs1. The Hall–Kier alpha value is -1.66. The van der Waals surface area contributed by atoms with Crippen molar-refractivity contribution < 1.29 is 0 Å². The van der Waals surface area contributed by atoms with Crippen molar-refractivity contribution in [2.75, 3.05) is 18.0 Å². The lowest BCUT2D eigenvalue weighted by molar-refractivity contribution is 0.910. The van der Waals surface area contributed by atoms with Crippen molar-refractivity contribution in [3.63, 3.8) is 0 Å². The molecule has 0 aliphatic rings. The number of aromatic nitrogens is 2. The van der Waals surface area contributed by atoms with Crippen LogP contribution in [-0.4, -0.2) is 16.5 Å². The van der Waals surface area contributed by atoms with Crippen molar-refractivity contribution in [2.45, 2.75) is 12.8 Å². The Morgan fingerprint density at radius 3 is 2.71 bits per heavy atom. The van der Waals surface area contributed by atoms with E-state index in [0.717, 1.165) is 17.7 Å². The Bertz CT molecular complexity index is 495. The molecule has 0 bridgehead atoms. The summed E-state index contributed by atoms with van der Waals surface area (Å²) < 4.78 is 0. The van der Waals surface area contributed by atoms with E-state index in [0.29, 0.717) is 18.8 Å². The van der Waals surface area contributed by atoms with Crippen LogP contribution in [0.5, 0.6) is 0 Å². The third-order valence-electron chi connectivity index (χ3n) is 2.46. The fraction of sp³-hybridized carbons (Fsp3) is 0.273. The van der Waals surface area contributed by atoms with Crippen molar-refractivity contribution in [1.82, 2.24) is 9.97 Å². The van der Waals surface area contributed by atoms with Crippen LogP contribution in [0.2, 0.25) is 0 Å². The van der Waals surface area contributed by atoms with Gasteiger partial charge in [0.1, 0.15) is 5.82 Å². The predicted octanol–water partition coefficient (Wildman–Crippen LogP) is 0.795. The summed E-state index contributed by atoms with van der Waals surface area (Å²) in [6.45, 7) is 0.523. The molecule has 2 heterocycles. The topological polar surface area (TPSA) is 104 Å². The predicted molar refractivity (Wildman–Crippen MR) is 70.7 cm³/mol. The molecule has 6 heteroatoms. The monoisotopic (exact) mass is 249 g/mol. The fourth-order valence-electron chi connectivity index (χ4n) is 1.71. The van der Waals surface area contributed by atoms with Gasteiger partial charge in [0.2, 0.25) is 5.95 Å². The second kappa shape index (κ2) is 5.11. The molecule has 0 atom stereocenters. The molecule has 2 aromatic rings. The van der Waals surface area contributed by atoms with E-state index in [2.05, 4.69) is 16.0 Å². The second-order valence-corrected chi connectivity index (χ2v) is 4.72. The van der Waals surface area contributed by atoms with Crippen molar-refractivity contribution in [2.24, 2.45) is 5.73 Å². The van der Waals surface area contributed by atoms with Crippen molar-refractivity contribution in [3.8, 4) is 0 Å². The molecule has 0 aliphatic carbocycles. The molecule has 5 nitrogen and oxygen atoms in total. The van der Waals surface area contributed by atoms with Crippen molar-refractivity contribution >= 4 is 23.1 Å². The third kappa shape index (κ3) is 2.72. The van der Waals surface area contributed by atoms with E-state index < -0.39 is 0 Å². The zero-order valence-corrected chi connectivity index (χ0v) is 10.2. The van der Waals surface area contributed by atoms with E-state index in [1.165, 1.54) is 4.88 Å². The van der Waals surface area contributed by atoms with Crippen LogP contribution in [0.4, 0.5) is 11.8 Å². The van der Waals surface area contributed by atoms with Gasteiger partial charge in [-0.05, 0) is 24.4 Å². The van der Waals surface area contributed by atoms with E-state index >= 15 is 0 Å². The number of hydrogen-bond acceptors (Lipinski definition) is 6. The van der Waals surface area contributed by atoms with Gasteiger partial charge in [-0.2, -0.15) is 4.98 Å². The lowest BCUT2D eigenvalue weighted by Crippen LogP contribution is -2.13. The van der Waals surface area contributed by atoms with Crippen LogP contribution in [0.1, 0.15) is 16.1 Å². The van der Waals surface area contributed by atoms with E-state index in [1.54, 1.807) is 11.3 Å². The smallest absolute Gasteiger partial charge is 0.222 e. The molecule has 0 aliphatic heterocycles. The minimum absolute atomic E-state index is 0.217. The third-order valence-corrected chi connectivity index (χ3v) is 3.33. The molecule has 6 N–H and O–H groups in total. The van der Waals surface area contributed by atoms with Crippen LogP contribution in [-0.2, 0) is 12.8 Å². The van der Waals surface area contributed by atoms with Gasteiger partial charge in [-0.25, -0.2) is 4.98 Å². The molecule has 0 saturated heterocycles. The molecule has 0 spiro atoms. The average molecular weight is 249 g/mol. The Balaban J connectivity index is 2.36. The highest BCUT2D eigenvalue weighted by atomic mass is 32.1. The molecular formula is C11H15N5S. The number of anilines is 2. The Kier molecular flexibility index (Phi) is 3.55. The molecule has 2 aromatic heterocycles. The first-order chi connectivity index (χ1) is 8.20. The maximum Gasteiger partial charge on any atom is 0.222 e. The van der Waals surface area contributed by atoms with Crippen LogP contribution < -0.4 is 17.2 Å². The summed E-state index contributed by atoms with van der Waals surface area (Å²) in [7, 11) is 0. The lowest BCUT2D eigenvalue weighted by atomic mass is 10.1. The standard InChI is InChI=1S/C11H15N5S/c12-4-3-8-9(6-7-2-1-5-17-7)15-11(14)16-10(8)13/h1-2,5H,3-4,6,12H2,(H4,13,14,15,16). The second-order valence-electron chi connectivity index (χ2n) is 3.69. The van der Waals surface area contributed by atoms with Crippen LogP contribution in [0.3, 0.4) is 0 Å². The number of thiophene rings is 1. The molecule has 0 aromatic carbocycles. The average Bonchev–Trinajstić information content (AvgIpc) is 2.76. The minimum Gasteiger partial charge on any atom is -0.383 e. The molecule has 2 rings (SSSR count). The van der Waals surface area contributed by atoms with Gasteiger partial charge in [0.15, 0.2) is 0 Å². The number of rotatable bonds is 4. The first-order valence-corrected chi connectivity index (χ1v) is 6.22. The fourth-order valence-corrected chi connectivity index (χ4v) is 2.42. The zero-order chi connectivity index (χ0) is 12.3. The molecule has 17 heavy (non-hydrogen) atoms. The quantitative estimate of drug-likeness (QED) is 0.743. The van der Waals surface area contributed by atoms with E-state index in [-0.39, 0.29) is 5.95 Å². The van der Waals surface area contributed by atoms with Crippen molar-refractivity contribution in [1.29, 1.82) is 0 Å². The van der Waals surface area contributed by atoms with Gasteiger partial charge >= 0.3 is 0 Å². The highest BCUT2D eigenvalue weighted by Crippen LogP contribution is 2.20. The number of nitrogens with two attached hydrogens (primary N) is 3. The number of nitrogens with zero attached hydrogens (tertiary/aromatic N) is 2. The first-order valence-electron chi connectivity index (χ1n) is 5.34. The van der Waals surface area contributed by atoms with Gasteiger partial charge < -0.3 is 17.2 Å². The maximum absolute atomic E-state index is 5.85. The van der Waals surface area contributed by atoms with E-state index in [4.69, 9.17) is 17.2 Å². The maximum atomic E-state index is 5.85. The Labute approximate surface area is 104 Å². The molecule has 0 radical (unpaired) electrons. The molecule has 0 fully saturated rings. The zero-order valence-electron chi connectivity index (χ0n) is 9.39. The summed E-state index contributed by atoms with van der Waals surface area (Å²) in [5, 5.41) is 2.03. The van der Waals surface area contributed by atoms with Crippen LogP contribution in [0.25, 0.3) is 0 Å². The van der Waals surface area contributed by atoms with Gasteiger partial charge in [-0.15, -0.1) is 11.3 Å². The summed E-state index contributed by atoms with van der Waals surface area (Å²) in [5.41, 5.74) is 18.8. The highest BCUT2D eigenvalue weighted by molar-refractivity contribution is 7.09. The normalized spacial score (nSPS) is 10.6. The van der Waals surface area contributed by atoms with Crippen LogP contribution in [0, 0.1) is 0 Å². The molecular weight excluding hydrogens is 234 g/mol. The lowest BCUT2D eigenvalue weighted by Gasteiger charge is -2.10. The minimum atomic E-state index is 0.217. The summed E-state index contributed by atoms with van der Waals surface area (Å²) in [6.07, 6.45) is 1.40. The highest BCUT2D eigenvalue weighted by Gasteiger charge is 2.11. The Morgan fingerprint density at radius 2 is 2.06 bits per heavy atom. The molecule has 90 valence electrons. The molecule has 0 unspecified atom stereocenters. The van der Waals surface area contributed by atoms with Crippen LogP contribution in [0.15, 0.2) is 17.5 Å². The Morgan fingerprint density at radius 1 is 1.24 bits per heavy atom. The number of hydrogen-bond donors (Lipinski definition) is 3. The van der Waals surface area contributed by atoms with Crippen molar-refractivity contribution in [3.05, 3.63) is 33.6 Å². The summed E-state index contributed by atoms with van der Waals surface area (Å²) in [5.74, 6) is 0.657. The first kappa shape index (κ1) is 11.8. The van der Waals surface area contributed by atoms with Gasteiger partial charge in [0.25, 0.3) is 0 Å². The van der Waals surface area contributed by atoms with Gasteiger partial charge in [0.05, 0.1) is 5.69 Å². The summed E-state index contributed by atoms with van der Waals surface area (Å²) >= 11 is 1.68. The number of nitrogen functional groups attached to an aromatic ring is 2. The molecule has 0 amide bonds. The largest absolute Gasteiger partial charge is 0.383 e. The van der Waals surface area contributed by atoms with E-state index in [9.17, 15) is 0 Å². The van der Waals surface area contributed by atoms with Gasteiger partial charge in [-0.3, -0.25) is 0 Å². The van der Waals surface area contributed by atoms with Gasteiger partial charge in [0, 0.05) is 16.9 Å². The summed E-state index contributed by atoms with van der Waals surface area (Å²) in [4.78, 5) is 9.46. The van der Waals surface area contributed by atoms with Gasteiger partial charge in [-0.1, -0.05) is 6.07 Å². The van der Waals surface area contributed by atoms with Crippen LogP contribution >= 0.6 is 11.3 Å². The van der Waals surface area contributed by atoms with E-state index in [1.807, 2.05) is 11.4 Å². The molecule has 0 saturated carbocycles. The summed E-state index contributed by atoms with van der Waals surface area (Å²) in [6, 6.07) is 4.07.